The summed E-state index contributed by atoms with van der Waals surface area (Å²) >= 11 is 3.18. The quantitative estimate of drug-likeness (QED) is 0.819. The molecule has 0 saturated carbocycles. The number of carbonyl (C=O) groups excluding carboxylic acids is 2. The van der Waals surface area contributed by atoms with Crippen molar-refractivity contribution in [1.82, 2.24) is 20.0 Å². The Labute approximate surface area is 143 Å². The first-order valence-corrected chi connectivity index (χ1v) is 8.36. The van der Waals surface area contributed by atoms with Gasteiger partial charge < -0.3 is 5.73 Å². The van der Waals surface area contributed by atoms with Crippen molar-refractivity contribution in [3.8, 4) is 0 Å². The highest BCUT2D eigenvalue weighted by Crippen LogP contribution is 2.17. The summed E-state index contributed by atoms with van der Waals surface area (Å²) in [6, 6.07) is -1.02. The second-order valence-electron chi connectivity index (χ2n) is 5.50. The smallest absolute Gasteiger partial charge is 0.320 e. The minimum Gasteiger partial charge on any atom is -0.320 e. The van der Waals surface area contributed by atoms with Crippen molar-refractivity contribution in [2.75, 3.05) is 18.4 Å². The van der Waals surface area contributed by atoms with E-state index in [9.17, 15) is 9.59 Å². The fourth-order valence-corrected chi connectivity index (χ4v) is 2.48. The molecule has 2 rings (SSSR count). The lowest BCUT2D eigenvalue weighted by Gasteiger charge is -2.31. The maximum Gasteiger partial charge on any atom is 0.341 e. The standard InChI is InChI=1S/C14H21BrN6O2/c1-3-9(2)12(16)13(22)20-5-4-6-21(20)14(23)19-11-8-17-10(15)7-18-11/h7-9,12H,3-6,16H2,1-2H3,(H,18,19,23)/t9?,12-/m0/s1. The van der Waals surface area contributed by atoms with Gasteiger partial charge >= 0.3 is 6.03 Å². The normalized spacial score (nSPS) is 17.0. The van der Waals surface area contributed by atoms with Gasteiger partial charge in [-0.15, -0.1) is 0 Å². The Morgan fingerprint density at radius 3 is 2.65 bits per heavy atom. The number of amides is 3. The van der Waals surface area contributed by atoms with Crippen LogP contribution in [0.25, 0.3) is 0 Å². The van der Waals surface area contributed by atoms with Crippen molar-refractivity contribution in [2.24, 2.45) is 11.7 Å². The van der Waals surface area contributed by atoms with E-state index in [1.807, 2.05) is 13.8 Å². The molecule has 0 spiro atoms. The number of hydrogen-bond donors (Lipinski definition) is 2. The summed E-state index contributed by atoms with van der Waals surface area (Å²) in [7, 11) is 0. The van der Waals surface area contributed by atoms with E-state index in [4.69, 9.17) is 5.73 Å². The first-order chi connectivity index (χ1) is 10.9. The van der Waals surface area contributed by atoms with Gasteiger partial charge in [-0.25, -0.2) is 24.8 Å². The maximum absolute atomic E-state index is 12.5. The van der Waals surface area contributed by atoms with E-state index in [0.717, 1.165) is 12.8 Å². The third-order valence-electron chi connectivity index (χ3n) is 3.92. The van der Waals surface area contributed by atoms with E-state index in [2.05, 4.69) is 31.2 Å². The number of hydrogen-bond acceptors (Lipinski definition) is 5. The molecule has 1 fully saturated rings. The minimum atomic E-state index is -0.610. The van der Waals surface area contributed by atoms with E-state index in [0.29, 0.717) is 23.5 Å². The lowest BCUT2D eigenvalue weighted by atomic mass is 9.99. The molecule has 1 aromatic rings. The molecule has 0 bridgehead atoms. The predicted molar refractivity (Wildman–Crippen MR) is 89.2 cm³/mol. The number of carbonyl (C=O) groups is 2. The predicted octanol–water partition coefficient (Wildman–Crippen LogP) is 1.59. The van der Waals surface area contributed by atoms with Crippen molar-refractivity contribution in [1.29, 1.82) is 0 Å². The molecule has 126 valence electrons. The molecule has 2 heterocycles. The molecule has 1 aromatic heterocycles. The maximum atomic E-state index is 12.5. The zero-order valence-corrected chi connectivity index (χ0v) is 14.8. The third kappa shape index (κ3) is 4.17. The number of nitrogens with two attached hydrogens (primary N) is 1. The van der Waals surface area contributed by atoms with Gasteiger partial charge in [0.05, 0.1) is 18.4 Å². The van der Waals surface area contributed by atoms with Crippen molar-refractivity contribution in [2.45, 2.75) is 32.7 Å². The molecular formula is C14H21BrN6O2. The van der Waals surface area contributed by atoms with Crippen LogP contribution in [0.1, 0.15) is 26.7 Å². The van der Waals surface area contributed by atoms with Crippen LogP contribution >= 0.6 is 15.9 Å². The molecule has 3 N–H and O–H groups in total. The first kappa shape index (κ1) is 17.6. The average Bonchev–Trinajstić information content (AvgIpc) is 3.04. The highest BCUT2D eigenvalue weighted by atomic mass is 79.9. The summed E-state index contributed by atoms with van der Waals surface area (Å²) in [5.41, 5.74) is 6.01. The fourth-order valence-electron chi connectivity index (χ4n) is 2.27. The van der Waals surface area contributed by atoms with E-state index < -0.39 is 12.1 Å². The molecule has 1 saturated heterocycles. The lowest BCUT2D eigenvalue weighted by Crippen LogP contribution is -2.53. The van der Waals surface area contributed by atoms with Crippen LogP contribution < -0.4 is 11.1 Å². The van der Waals surface area contributed by atoms with Crippen molar-refractivity contribution in [3.63, 3.8) is 0 Å². The summed E-state index contributed by atoms with van der Waals surface area (Å²) in [6.45, 7) is 4.87. The molecule has 3 amide bonds. The Balaban J connectivity index is 2.04. The Morgan fingerprint density at radius 2 is 2.04 bits per heavy atom. The molecule has 9 heteroatoms. The Kier molecular flexibility index (Phi) is 5.89. The number of rotatable bonds is 4. The third-order valence-corrected chi connectivity index (χ3v) is 4.33. The van der Waals surface area contributed by atoms with E-state index >= 15 is 0 Å². The summed E-state index contributed by atoms with van der Waals surface area (Å²) in [5, 5.41) is 5.45. The molecule has 0 radical (unpaired) electrons. The first-order valence-electron chi connectivity index (χ1n) is 7.57. The van der Waals surface area contributed by atoms with E-state index in [1.54, 1.807) is 0 Å². The van der Waals surface area contributed by atoms with Crippen LogP contribution in [0.5, 0.6) is 0 Å². The SMILES string of the molecule is CCC(C)[C@H](N)C(=O)N1CCCN1C(=O)Nc1cnc(Br)cn1. The number of aromatic nitrogens is 2. The highest BCUT2D eigenvalue weighted by Gasteiger charge is 2.34. The van der Waals surface area contributed by atoms with Crippen LogP contribution in [-0.2, 0) is 4.79 Å². The highest BCUT2D eigenvalue weighted by molar-refractivity contribution is 9.10. The van der Waals surface area contributed by atoms with Gasteiger partial charge in [-0.2, -0.15) is 0 Å². The lowest BCUT2D eigenvalue weighted by molar-refractivity contribution is -0.142. The van der Waals surface area contributed by atoms with Crippen LogP contribution in [-0.4, -0.2) is 51.1 Å². The van der Waals surface area contributed by atoms with Gasteiger partial charge in [-0.1, -0.05) is 20.3 Å². The largest absolute Gasteiger partial charge is 0.341 e. The molecule has 0 aromatic carbocycles. The minimum absolute atomic E-state index is 0.0605. The van der Waals surface area contributed by atoms with Crippen molar-refractivity contribution >= 4 is 33.7 Å². The molecule has 1 aliphatic rings. The van der Waals surface area contributed by atoms with Crippen LogP contribution in [0.4, 0.5) is 10.6 Å². The summed E-state index contributed by atoms with van der Waals surface area (Å²) in [4.78, 5) is 32.9. The number of nitrogens with one attached hydrogen (secondary N) is 1. The van der Waals surface area contributed by atoms with Gasteiger partial charge in [0.15, 0.2) is 5.82 Å². The van der Waals surface area contributed by atoms with Gasteiger partial charge in [-0.3, -0.25) is 10.1 Å². The van der Waals surface area contributed by atoms with Gasteiger partial charge in [0.25, 0.3) is 5.91 Å². The molecule has 2 atom stereocenters. The Morgan fingerprint density at radius 1 is 1.35 bits per heavy atom. The van der Waals surface area contributed by atoms with Crippen LogP contribution in [0, 0.1) is 5.92 Å². The van der Waals surface area contributed by atoms with Gasteiger partial charge in [0, 0.05) is 13.1 Å². The van der Waals surface area contributed by atoms with Crippen molar-refractivity contribution < 1.29 is 9.59 Å². The Bertz CT molecular complexity index is 567. The fraction of sp³-hybridized carbons (Fsp3) is 0.571. The van der Waals surface area contributed by atoms with Gasteiger partial charge in [0.1, 0.15) is 4.60 Å². The van der Waals surface area contributed by atoms with Crippen LogP contribution in [0.15, 0.2) is 17.0 Å². The van der Waals surface area contributed by atoms with E-state index in [-0.39, 0.29) is 11.8 Å². The molecular weight excluding hydrogens is 364 g/mol. The van der Waals surface area contributed by atoms with E-state index in [1.165, 1.54) is 22.4 Å². The Hall–Kier alpha value is -1.74. The second kappa shape index (κ2) is 7.69. The number of hydrazine groups is 1. The second-order valence-corrected chi connectivity index (χ2v) is 6.32. The topological polar surface area (TPSA) is 104 Å². The molecule has 1 unspecified atom stereocenters. The number of anilines is 1. The number of nitrogens with zero attached hydrogens (tertiary/aromatic N) is 4. The van der Waals surface area contributed by atoms with Gasteiger partial charge in [-0.05, 0) is 28.3 Å². The zero-order chi connectivity index (χ0) is 17.0. The molecule has 0 aliphatic carbocycles. The van der Waals surface area contributed by atoms with Crippen molar-refractivity contribution in [3.05, 3.63) is 17.0 Å². The summed E-state index contributed by atoms with van der Waals surface area (Å²) in [6.07, 6.45) is 4.45. The van der Waals surface area contributed by atoms with Crippen LogP contribution in [0.3, 0.4) is 0 Å². The van der Waals surface area contributed by atoms with Gasteiger partial charge in [0.2, 0.25) is 0 Å². The summed E-state index contributed by atoms with van der Waals surface area (Å²) in [5.74, 6) is 0.156. The number of urea groups is 1. The molecule has 8 nitrogen and oxygen atoms in total. The summed E-state index contributed by atoms with van der Waals surface area (Å²) < 4.78 is 0.577. The monoisotopic (exact) mass is 384 g/mol. The molecule has 1 aliphatic heterocycles. The average molecular weight is 385 g/mol. The number of halogens is 1. The molecule has 23 heavy (non-hydrogen) atoms. The zero-order valence-electron chi connectivity index (χ0n) is 13.2. The van der Waals surface area contributed by atoms with Crippen LogP contribution in [0.2, 0.25) is 0 Å².